The molecule has 1 aliphatic carbocycles. The lowest BCUT2D eigenvalue weighted by atomic mass is 10.1. The van der Waals surface area contributed by atoms with Crippen LogP contribution in [0.1, 0.15) is 19.3 Å². The van der Waals surface area contributed by atoms with Crippen molar-refractivity contribution < 1.29 is 9.66 Å². The van der Waals surface area contributed by atoms with Crippen LogP contribution in [0.25, 0.3) is 11.0 Å². The predicted molar refractivity (Wildman–Crippen MR) is 73.6 cm³/mol. The minimum absolute atomic E-state index is 0.0356. The Balaban J connectivity index is 1.84. The van der Waals surface area contributed by atoms with Gasteiger partial charge >= 0.3 is 0 Å². The van der Waals surface area contributed by atoms with Crippen molar-refractivity contribution in [3.05, 3.63) is 28.3 Å². The van der Waals surface area contributed by atoms with Crippen molar-refractivity contribution in [2.75, 3.05) is 6.54 Å². The number of nitrogens with two attached hydrogens (primary N) is 1. The van der Waals surface area contributed by atoms with Crippen molar-refractivity contribution >= 4 is 16.7 Å². The van der Waals surface area contributed by atoms with E-state index in [4.69, 9.17) is 10.5 Å². The average molecular weight is 276 g/mol. The van der Waals surface area contributed by atoms with Gasteiger partial charge in [0.1, 0.15) is 6.10 Å². The molecule has 1 aromatic heterocycles. The number of nitro groups is 1. The Morgan fingerprint density at radius 3 is 3.10 bits per heavy atom. The second-order valence-corrected chi connectivity index (χ2v) is 5.08. The first-order chi connectivity index (χ1) is 9.67. The van der Waals surface area contributed by atoms with E-state index in [1.165, 1.54) is 12.1 Å². The number of hydrogen-bond acceptors (Lipinski definition) is 5. The number of benzene rings is 1. The first kappa shape index (κ1) is 12.9. The number of nitro benzene ring substituents is 1. The van der Waals surface area contributed by atoms with Gasteiger partial charge in [-0.1, -0.05) is 0 Å². The molecular weight excluding hydrogens is 260 g/mol. The normalized spacial score (nSPS) is 22.2. The third-order valence-corrected chi connectivity index (χ3v) is 3.81. The fourth-order valence-corrected chi connectivity index (χ4v) is 2.71. The van der Waals surface area contributed by atoms with Gasteiger partial charge in [-0.15, -0.1) is 0 Å². The lowest BCUT2D eigenvalue weighted by Gasteiger charge is -2.17. The van der Waals surface area contributed by atoms with Gasteiger partial charge in [-0.25, -0.2) is 0 Å². The van der Waals surface area contributed by atoms with Crippen LogP contribution >= 0.6 is 0 Å². The number of ether oxygens (including phenoxy) is 1. The Morgan fingerprint density at radius 2 is 2.35 bits per heavy atom. The third-order valence-electron chi connectivity index (χ3n) is 3.81. The van der Waals surface area contributed by atoms with Crippen molar-refractivity contribution in [1.29, 1.82) is 0 Å². The standard InChI is InChI=1S/C13H16N4O3/c14-7-8-2-1-3-12(8)20-13-15-10-5-4-9(17(18)19)6-11(10)16-13/h4-6,8,12H,1-3,7,14H2,(H,15,16). The van der Waals surface area contributed by atoms with Crippen molar-refractivity contribution in [2.45, 2.75) is 25.4 Å². The van der Waals surface area contributed by atoms with Crippen molar-refractivity contribution in [1.82, 2.24) is 9.97 Å². The highest BCUT2D eigenvalue weighted by atomic mass is 16.6. The van der Waals surface area contributed by atoms with Crippen LogP contribution in [0, 0.1) is 16.0 Å². The lowest BCUT2D eigenvalue weighted by Crippen LogP contribution is -2.27. The molecule has 0 radical (unpaired) electrons. The maximum atomic E-state index is 10.7. The molecule has 1 heterocycles. The number of aromatic nitrogens is 2. The molecule has 3 rings (SSSR count). The fourth-order valence-electron chi connectivity index (χ4n) is 2.71. The van der Waals surface area contributed by atoms with Gasteiger partial charge in [0.2, 0.25) is 0 Å². The van der Waals surface area contributed by atoms with Gasteiger partial charge in [0, 0.05) is 18.1 Å². The van der Waals surface area contributed by atoms with Crippen molar-refractivity contribution in [3.63, 3.8) is 0 Å². The SMILES string of the molecule is NCC1CCCC1Oc1nc2ccc([N+](=O)[O-])cc2[nH]1. The topological polar surface area (TPSA) is 107 Å². The molecule has 106 valence electrons. The monoisotopic (exact) mass is 276 g/mol. The van der Waals surface area contributed by atoms with E-state index in [1.54, 1.807) is 6.07 Å². The Labute approximate surface area is 115 Å². The molecule has 7 heteroatoms. The van der Waals surface area contributed by atoms with E-state index < -0.39 is 4.92 Å². The molecule has 1 aromatic carbocycles. The number of imidazole rings is 1. The summed E-state index contributed by atoms with van der Waals surface area (Å²) >= 11 is 0. The fraction of sp³-hybridized carbons (Fsp3) is 0.462. The highest BCUT2D eigenvalue weighted by molar-refractivity contribution is 5.78. The quantitative estimate of drug-likeness (QED) is 0.655. The zero-order valence-corrected chi connectivity index (χ0v) is 10.9. The van der Waals surface area contributed by atoms with Crippen molar-refractivity contribution in [2.24, 2.45) is 11.7 Å². The van der Waals surface area contributed by atoms with Crippen molar-refractivity contribution in [3.8, 4) is 6.01 Å². The highest BCUT2D eigenvalue weighted by Crippen LogP contribution is 2.29. The van der Waals surface area contributed by atoms with E-state index in [0.717, 1.165) is 19.3 Å². The zero-order chi connectivity index (χ0) is 14.1. The maximum absolute atomic E-state index is 10.7. The Morgan fingerprint density at radius 1 is 1.50 bits per heavy atom. The van der Waals surface area contributed by atoms with Gasteiger partial charge < -0.3 is 15.5 Å². The molecule has 0 amide bonds. The van der Waals surface area contributed by atoms with E-state index in [1.807, 2.05) is 0 Å². The average Bonchev–Trinajstić information content (AvgIpc) is 3.03. The van der Waals surface area contributed by atoms with Crippen LogP contribution < -0.4 is 10.5 Å². The molecule has 0 saturated heterocycles. The number of aromatic amines is 1. The number of hydrogen-bond donors (Lipinski definition) is 2. The van der Waals surface area contributed by atoms with Crippen LogP contribution in [0.2, 0.25) is 0 Å². The summed E-state index contributed by atoms with van der Waals surface area (Å²) in [4.78, 5) is 17.6. The van der Waals surface area contributed by atoms with Gasteiger partial charge in [0.15, 0.2) is 0 Å². The molecule has 1 saturated carbocycles. The van der Waals surface area contributed by atoms with Gasteiger partial charge in [-0.2, -0.15) is 4.98 Å². The first-order valence-electron chi connectivity index (χ1n) is 6.68. The van der Waals surface area contributed by atoms with Crippen LogP contribution in [0.3, 0.4) is 0 Å². The van der Waals surface area contributed by atoms with E-state index in [2.05, 4.69) is 9.97 Å². The Kier molecular flexibility index (Phi) is 3.27. The van der Waals surface area contributed by atoms with Gasteiger partial charge in [-0.05, 0) is 31.9 Å². The minimum atomic E-state index is -0.428. The van der Waals surface area contributed by atoms with E-state index >= 15 is 0 Å². The predicted octanol–water partition coefficient (Wildman–Crippen LogP) is 1.98. The van der Waals surface area contributed by atoms with E-state index in [9.17, 15) is 10.1 Å². The Hall–Kier alpha value is -2.15. The number of rotatable bonds is 4. The summed E-state index contributed by atoms with van der Waals surface area (Å²) < 4.78 is 5.85. The zero-order valence-electron chi connectivity index (χ0n) is 10.9. The van der Waals surface area contributed by atoms with E-state index in [-0.39, 0.29) is 11.8 Å². The van der Waals surface area contributed by atoms with Gasteiger partial charge in [0.25, 0.3) is 11.7 Å². The molecule has 2 unspecified atom stereocenters. The first-order valence-corrected chi connectivity index (χ1v) is 6.68. The molecular formula is C13H16N4O3. The smallest absolute Gasteiger partial charge is 0.294 e. The summed E-state index contributed by atoms with van der Waals surface area (Å²) in [5.41, 5.74) is 7.02. The molecule has 2 aromatic rings. The largest absolute Gasteiger partial charge is 0.461 e. The molecule has 20 heavy (non-hydrogen) atoms. The lowest BCUT2D eigenvalue weighted by molar-refractivity contribution is -0.384. The summed E-state index contributed by atoms with van der Waals surface area (Å²) in [6.07, 6.45) is 3.24. The van der Waals surface area contributed by atoms with Crippen LogP contribution in [0.5, 0.6) is 6.01 Å². The third kappa shape index (κ3) is 2.32. The molecule has 0 bridgehead atoms. The summed E-state index contributed by atoms with van der Waals surface area (Å²) in [6, 6.07) is 4.92. The van der Waals surface area contributed by atoms with Crippen LogP contribution in [-0.2, 0) is 0 Å². The molecule has 2 atom stereocenters. The number of non-ortho nitro benzene ring substituents is 1. The summed E-state index contributed by atoms with van der Waals surface area (Å²) in [6.45, 7) is 0.608. The highest BCUT2D eigenvalue weighted by Gasteiger charge is 2.28. The van der Waals surface area contributed by atoms with Gasteiger partial charge in [-0.3, -0.25) is 10.1 Å². The number of fused-ring (bicyclic) bond motifs is 1. The summed E-state index contributed by atoms with van der Waals surface area (Å²) in [5, 5.41) is 10.7. The minimum Gasteiger partial charge on any atom is -0.461 e. The molecule has 1 fully saturated rings. The second-order valence-electron chi connectivity index (χ2n) is 5.08. The van der Waals surface area contributed by atoms with Gasteiger partial charge in [0.05, 0.1) is 16.0 Å². The molecule has 0 spiro atoms. The second kappa shape index (κ2) is 5.09. The molecule has 1 aliphatic rings. The Bertz CT molecular complexity index is 640. The van der Waals surface area contributed by atoms with E-state index in [0.29, 0.717) is 29.5 Å². The number of H-pyrrole nitrogens is 1. The maximum Gasteiger partial charge on any atom is 0.294 e. The number of nitrogens with one attached hydrogen (secondary N) is 1. The molecule has 7 nitrogen and oxygen atoms in total. The number of nitrogens with zero attached hydrogens (tertiary/aromatic N) is 2. The summed E-state index contributed by atoms with van der Waals surface area (Å²) in [7, 11) is 0. The van der Waals surface area contributed by atoms with Crippen LogP contribution in [-0.4, -0.2) is 27.5 Å². The van der Waals surface area contributed by atoms with Crippen LogP contribution in [0.4, 0.5) is 5.69 Å². The van der Waals surface area contributed by atoms with Crippen LogP contribution in [0.15, 0.2) is 18.2 Å². The summed E-state index contributed by atoms with van der Waals surface area (Å²) in [5.74, 6) is 0.359. The molecule has 0 aliphatic heterocycles. The molecule has 3 N–H and O–H groups in total.